The van der Waals surface area contributed by atoms with Crippen molar-refractivity contribution in [2.75, 3.05) is 12.3 Å². The van der Waals surface area contributed by atoms with E-state index in [0.29, 0.717) is 31.1 Å². The number of amides is 1. The lowest BCUT2D eigenvalue weighted by atomic mass is 10.1. The Hall–Kier alpha value is -1.74. The first-order valence-corrected chi connectivity index (χ1v) is 10.6. The summed E-state index contributed by atoms with van der Waals surface area (Å²) in [6.07, 6.45) is 3.07. The molecule has 0 spiro atoms. The molecule has 0 radical (unpaired) electrons. The Morgan fingerprint density at radius 3 is 3.00 bits per heavy atom. The van der Waals surface area contributed by atoms with Gasteiger partial charge in [0.1, 0.15) is 0 Å². The lowest BCUT2D eigenvalue weighted by Gasteiger charge is -2.25. The monoisotopic (exact) mass is 367 g/mol. The number of aromatic nitrogens is 2. The third kappa shape index (κ3) is 3.10. The molecule has 9 heteroatoms. The van der Waals surface area contributed by atoms with Gasteiger partial charge in [-0.25, -0.2) is 8.42 Å². The number of thiophene rings is 1. The molecule has 4 rings (SSSR count). The maximum absolute atomic E-state index is 11.9. The van der Waals surface area contributed by atoms with Crippen LogP contribution in [0.1, 0.15) is 35.5 Å². The van der Waals surface area contributed by atoms with Crippen molar-refractivity contribution in [1.82, 2.24) is 15.0 Å². The number of aryl methyl sites for hydroxylation is 1. The van der Waals surface area contributed by atoms with Crippen LogP contribution in [-0.2, 0) is 33.4 Å². The van der Waals surface area contributed by atoms with E-state index in [-0.39, 0.29) is 17.4 Å². The molecule has 0 aliphatic carbocycles. The first-order valence-electron chi connectivity index (χ1n) is 7.93. The van der Waals surface area contributed by atoms with Crippen molar-refractivity contribution in [1.29, 1.82) is 0 Å². The van der Waals surface area contributed by atoms with Crippen LogP contribution in [0.5, 0.6) is 0 Å². The van der Waals surface area contributed by atoms with E-state index in [1.165, 1.54) is 11.3 Å². The summed E-state index contributed by atoms with van der Waals surface area (Å²) in [5, 5.41) is 3.96. The van der Waals surface area contributed by atoms with E-state index in [1.807, 2.05) is 6.07 Å². The predicted molar refractivity (Wildman–Crippen MR) is 88.1 cm³/mol. The Kier molecular flexibility index (Phi) is 3.92. The molecule has 0 atom stereocenters. The highest BCUT2D eigenvalue weighted by molar-refractivity contribution is 7.90. The van der Waals surface area contributed by atoms with Crippen LogP contribution in [0.4, 0.5) is 0 Å². The lowest BCUT2D eigenvalue weighted by Crippen LogP contribution is -2.34. The van der Waals surface area contributed by atoms with E-state index < -0.39 is 9.84 Å². The van der Waals surface area contributed by atoms with Gasteiger partial charge in [0.05, 0.1) is 22.9 Å². The Labute approximate surface area is 143 Å². The minimum atomic E-state index is -2.99. The van der Waals surface area contributed by atoms with E-state index >= 15 is 0 Å². The summed E-state index contributed by atoms with van der Waals surface area (Å²) in [5.74, 6) is 1.30. The van der Waals surface area contributed by atoms with Crippen LogP contribution in [0.15, 0.2) is 10.6 Å². The standard InChI is InChI=1S/C15H17N3O4S2/c19-14-3-1-2-5-18(14)8-13-16-15(22-17-13)12-7-10-9-24(20,21)6-4-11(10)23-12/h7H,1-6,8-9H2. The van der Waals surface area contributed by atoms with Crippen LogP contribution in [0.2, 0.25) is 0 Å². The molecule has 2 aromatic rings. The highest BCUT2D eigenvalue weighted by Crippen LogP contribution is 2.34. The molecule has 24 heavy (non-hydrogen) atoms. The van der Waals surface area contributed by atoms with E-state index in [2.05, 4.69) is 10.1 Å². The van der Waals surface area contributed by atoms with Gasteiger partial charge in [-0.2, -0.15) is 4.98 Å². The molecular formula is C15H17N3O4S2. The third-order valence-electron chi connectivity index (χ3n) is 4.34. The van der Waals surface area contributed by atoms with E-state index in [1.54, 1.807) is 4.90 Å². The Morgan fingerprint density at radius 1 is 1.29 bits per heavy atom. The third-order valence-corrected chi connectivity index (χ3v) is 7.15. The molecule has 2 aliphatic heterocycles. The predicted octanol–water partition coefficient (Wildman–Crippen LogP) is 1.78. The Morgan fingerprint density at radius 2 is 2.17 bits per heavy atom. The molecule has 1 amide bonds. The SMILES string of the molecule is O=C1CCCCN1Cc1noc(-c2cc3c(s2)CCS(=O)(=O)C3)n1. The molecule has 2 aromatic heterocycles. The lowest BCUT2D eigenvalue weighted by molar-refractivity contribution is -0.134. The number of likely N-dealkylation sites (tertiary alicyclic amines) is 1. The molecule has 0 unspecified atom stereocenters. The van der Waals surface area contributed by atoms with Crippen molar-refractivity contribution < 1.29 is 17.7 Å². The average molecular weight is 367 g/mol. The summed E-state index contributed by atoms with van der Waals surface area (Å²) in [7, 11) is -2.99. The number of sulfone groups is 1. The molecule has 0 aromatic carbocycles. The van der Waals surface area contributed by atoms with Gasteiger partial charge in [0.15, 0.2) is 15.7 Å². The molecule has 7 nitrogen and oxygen atoms in total. The van der Waals surface area contributed by atoms with Crippen molar-refractivity contribution in [3.05, 3.63) is 22.3 Å². The van der Waals surface area contributed by atoms with Gasteiger partial charge in [-0.05, 0) is 30.9 Å². The average Bonchev–Trinajstić information content (AvgIpc) is 3.14. The van der Waals surface area contributed by atoms with Crippen molar-refractivity contribution in [2.24, 2.45) is 0 Å². The van der Waals surface area contributed by atoms with Crippen LogP contribution in [-0.4, -0.2) is 41.7 Å². The number of carbonyl (C=O) groups excluding carboxylic acids is 1. The van der Waals surface area contributed by atoms with E-state index in [0.717, 1.165) is 34.7 Å². The largest absolute Gasteiger partial charge is 0.335 e. The number of rotatable bonds is 3. The molecule has 1 saturated heterocycles. The second kappa shape index (κ2) is 5.96. The zero-order valence-electron chi connectivity index (χ0n) is 13.0. The van der Waals surface area contributed by atoms with Crippen LogP contribution in [0.3, 0.4) is 0 Å². The Balaban J connectivity index is 1.53. The number of fused-ring (bicyclic) bond motifs is 1. The molecule has 1 fully saturated rings. The van der Waals surface area contributed by atoms with Crippen molar-refractivity contribution in [3.63, 3.8) is 0 Å². The highest BCUT2D eigenvalue weighted by Gasteiger charge is 2.26. The molecule has 0 bridgehead atoms. The number of carbonyl (C=O) groups is 1. The molecular weight excluding hydrogens is 350 g/mol. The van der Waals surface area contributed by atoms with E-state index in [4.69, 9.17) is 4.52 Å². The summed E-state index contributed by atoms with van der Waals surface area (Å²) in [5.41, 5.74) is 0.840. The van der Waals surface area contributed by atoms with Crippen molar-refractivity contribution >= 4 is 27.1 Å². The second-order valence-corrected chi connectivity index (χ2v) is 9.51. The van der Waals surface area contributed by atoms with Crippen LogP contribution < -0.4 is 0 Å². The number of hydrogen-bond donors (Lipinski definition) is 0. The smallest absolute Gasteiger partial charge is 0.268 e. The molecule has 0 saturated carbocycles. The van der Waals surface area contributed by atoms with Crippen molar-refractivity contribution in [3.8, 4) is 10.8 Å². The fraction of sp³-hybridized carbons (Fsp3) is 0.533. The Bertz CT molecular complexity index is 884. The van der Waals surface area contributed by atoms with Crippen LogP contribution in [0, 0.1) is 0 Å². The number of nitrogens with zero attached hydrogens (tertiary/aromatic N) is 3. The van der Waals surface area contributed by atoms with Gasteiger partial charge in [-0.15, -0.1) is 11.3 Å². The van der Waals surface area contributed by atoms with Crippen LogP contribution in [0.25, 0.3) is 10.8 Å². The normalized spacial score (nSPS) is 20.2. The van der Waals surface area contributed by atoms with Gasteiger partial charge in [-0.1, -0.05) is 5.16 Å². The molecule has 2 aliphatic rings. The van der Waals surface area contributed by atoms with Crippen molar-refractivity contribution in [2.45, 2.75) is 38.0 Å². The van der Waals surface area contributed by atoms with Gasteiger partial charge in [0.2, 0.25) is 5.91 Å². The quantitative estimate of drug-likeness (QED) is 0.821. The second-order valence-electron chi connectivity index (χ2n) is 6.19. The van der Waals surface area contributed by atoms with Gasteiger partial charge in [-0.3, -0.25) is 4.79 Å². The zero-order chi connectivity index (χ0) is 16.7. The summed E-state index contributed by atoms with van der Waals surface area (Å²) in [6, 6.07) is 1.83. The summed E-state index contributed by atoms with van der Waals surface area (Å²) in [6.45, 7) is 1.09. The van der Waals surface area contributed by atoms with Gasteiger partial charge >= 0.3 is 0 Å². The minimum Gasteiger partial charge on any atom is -0.335 e. The highest BCUT2D eigenvalue weighted by atomic mass is 32.2. The molecule has 0 N–H and O–H groups in total. The maximum atomic E-state index is 11.9. The fourth-order valence-electron chi connectivity index (χ4n) is 3.08. The zero-order valence-corrected chi connectivity index (χ0v) is 14.7. The number of hydrogen-bond acceptors (Lipinski definition) is 7. The van der Waals surface area contributed by atoms with Crippen LogP contribution >= 0.6 is 11.3 Å². The number of piperidine rings is 1. The summed E-state index contributed by atoms with van der Waals surface area (Å²) < 4.78 is 28.8. The first kappa shape index (κ1) is 15.8. The van der Waals surface area contributed by atoms with E-state index in [9.17, 15) is 13.2 Å². The van der Waals surface area contributed by atoms with Gasteiger partial charge in [0.25, 0.3) is 5.89 Å². The fourth-order valence-corrected chi connectivity index (χ4v) is 5.80. The maximum Gasteiger partial charge on any atom is 0.268 e. The van der Waals surface area contributed by atoms with Gasteiger partial charge in [0, 0.05) is 17.8 Å². The van der Waals surface area contributed by atoms with Gasteiger partial charge < -0.3 is 9.42 Å². The topological polar surface area (TPSA) is 93.4 Å². The first-order chi connectivity index (χ1) is 11.5. The summed E-state index contributed by atoms with van der Waals surface area (Å²) in [4.78, 5) is 19.9. The summed E-state index contributed by atoms with van der Waals surface area (Å²) >= 11 is 1.51. The molecule has 128 valence electrons. The molecule has 4 heterocycles. The minimum absolute atomic E-state index is 0.0854.